The molecule has 6 N–H and O–H groups in total. The van der Waals surface area contributed by atoms with Gasteiger partial charge in [-0.05, 0) is 25.3 Å². The van der Waals surface area contributed by atoms with Crippen LogP contribution >= 0.6 is 0 Å². The normalized spacial score (nSPS) is 18.3. The topological polar surface area (TPSA) is 179 Å². The Labute approximate surface area is 184 Å². The number of rotatable bonds is 10. The van der Waals surface area contributed by atoms with Crippen molar-refractivity contribution in [3.8, 4) is 0 Å². The molecule has 1 aromatic carbocycles. The number of hydrogen-bond acceptors (Lipinski definition) is 6. The first-order chi connectivity index (χ1) is 15.1. The largest absolute Gasteiger partial charge is 0.481 e. The molecule has 1 aliphatic heterocycles. The van der Waals surface area contributed by atoms with Crippen LogP contribution in [0.3, 0.4) is 0 Å². The Morgan fingerprint density at radius 1 is 1.09 bits per heavy atom. The van der Waals surface area contributed by atoms with Crippen molar-refractivity contribution in [2.75, 3.05) is 6.54 Å². The van der Waals surface area contributed by atoms with E-state index in [1.807, 2.05) is 0 Å². The molecule has 0 aromatic heterocycles. The van der Waals surface area contributed by atoms with Gasteiger partial charge in [-0.1, -0.05) is 30.3 Å². The highest BCUT2D eigenvalue weighted by Crippen LogP contribution is 2.19. The Kier molecular flexibility index (Phi) is 8.71. The van der Waals surface area contributed by atoms with Gasteiger partial charge in [-0.3, -0.25) is 19.2 Å². The molecule has 1 aromatic rings. The van der Waals surface area contributed by atoms with Gasteiger partial charge in [-0.25, -0.2) is 4.79 Å². The number of carbonyl (C=O) groups excluding carboxylic acids is 3. The Balaban J connectivity index is 2.20. The van der Waals surface area contributed by atoms with E-state index >= 15 is 0 Å². The molecule has 3 amide bonds. The maximum absolute atomic E-state index is 12.9. The van der Waals surface area contributed by atoms with Gasteiger partial charge < -0.3 is 31.5 Å². The zero-order valence-corrected chi connectivity index (χ0v) is 17.7. The van der Waals surface area contributed by atoms with E-state index in [0.29, 0.717) is 24.9 Å². The number of carboxylic acids is 2. The summed E-state index contributed by atoms with van der Waals surface area (Å²) in [6, 6.07) is 4.34. The fourth-order valence-corrected chi connectivity index (χ4v) is 3.54. The van der Waals surface area contributed by atoms with Crippen molar-refractivity contribution >= 4 is 29.7 Å². The number of hydrogen-bond donors (Lipinski definition) is 5. The molecule has 4 atom stereocenters. The van der Waals surface area contributed by atoms with Crippen LogP contribution in [0.15, 0.2) is 30.3 Å². The van der Waals surface area contributed by atoms with Gasteiger partial charge in [0.1, 0.15) is 18.1 Å². The van der Waals surface area contributed by atoms with Crippen LogP contribution in [0, 0.1) is 0 Å². The van der Waals surface area contributed by atoms with Gasteiger partial charge in [-0.2, -0.15) is 0 Å². The minimum atomic E-state index is -1.65. The second-order valence-electron chi connectivity index (χ2n) is 7.73. The second-order valence-corrected chi connectivity index (χ2v) is 7.73. The molecule has 4 unspecified atom stereocenters. The van der Waals surface area contributed by atoms with E-state index in [0.717, 1.165) is 0 Å². The van der Waals surface area contributed by atoms with E-state index in [9.17, 15) is 29.1 Å². The van der Waals surface area contributed by atoms with Gasteiger partial charge in [0.2, 0.25) is 17.7 Å². The first-order valence-electron chi connectivity index (χ1n) is 10.3. The molecule has 0 radical (unpaired) electrons. The molecule has 11 nitrogen and oxygen atoms in total. The van der Waals surface area contributed by atoms with Crippen LogP contribution in [-0.4, -0.2) is 75.5 Å². The van der Waals surface area contributed by atoms with Crippen molar-refractivity contribution in [1.29, 1.82) is 0 Å². The van der Waals surface area contributed by atoms with Crippen LogP contribution in [-0.2, 0) is 30.4 Å². The molecule has 1 fully saturated rings. The first kappa shape index (κ1) is 24.8. The third-order valence-electron chi connectivity index (χ3n) is 5.14. The molecular formula is C21H28N4O7. The highest BCUT2D eigenvalue weighted by molar-refractivity contribution is 5.95. The average molecular weight is 448 g/mol. The van der Waals surface area contributed by atoms with Crippen LogP contribution < -0.4 is 16.4 Å². The zero-order chi connectivity index (χ0) is 23.8. The lowest BCUT2D eigenvalue weighted by Gasteiger charge is -2.28. The van der Waals surface area contributed by atoms with Gasteiger partial charge in [0, 0.05) is 13.0 Å². The molecule has 32 heavy (non-hydrogen) atoms. The van der Waals surface area contributed by atoms with Crippen molar-refractivity contribution in [3.05, 3.63) is 35.9 Å². The van der Waals surface area contributed by atoms with Crippen LogP contribution in [0.5, 0.6) is 0 Å². The molecule has 1 aliphatic rings. The molecule has 174 valence electrons. The number of carboxylic acid groups (broad SMARTS) is 2. The van der Waals surface area contributed by atoms with E-state index in [4.69, 9.17) is 10.8 Å². The maximum atomic E-state index is 12.9. The lowest BCUT2D eigenvalue weighted by molar-refractivity contribution is -0.147. The molecular weight excluding hydrogens is 420 g/mol. The maximum Gasteiger partial charge on any atom is 0.326 e. The fraction of sp³-hybridized carbons (Fsp3) is 0.476. The average Bonchev–Trinajstić information content (AvgIpc) is 3.22. The molecule has 1 heterocycles. The monoisotopic (exact) mass is 448 g/mol. The highest BCUT2D eigenvalue weighted by Gasteiger charge is 2.37. The van der Waals surface area contributed by atoms with Crippen molar-refractivity contribution in [2.45, 2.75) is 56.8 Å². The van der Waals surface area contributed by atoms with E-state index in [-0.39, 0.29) is 12.3 Å². The predicted octanol–water partition coefficient (Wildman–Crippen LogP) is -0.904. The quantitative estimate of drug-likeness (QED) is 0.305. The molecule has 0 saturated carbocycles. The third kappa shape index (κ3) is 6.77. The summed E-state index contributed by atoms with van der Waals surface area (Å²) < 4.78 is 0. The molecule has 0 spiro atoms. The van der Waals surface area contributed by atoms with Crippen LogP contribution in [0.1, 0.15) is 31.7 Å². The van der Waals surface area contributed by atoms with Crippen LogP contribution in [0.2, 0.25) is 0 Å². The molecule has 1 saturated heterocycles. The highest BCUT2D eigenvalue weighted by atomic mass is 16.4. The number of aliphatic carboxylic acids is 2. The van der Waals surface area contributed by atoms with E-state index in [2.05, 4.69) is 10.6 Å². The summed E-state index contributed by atoms with van der Waals surface area (Å²) in [6.07, 6.45) is 0.241. The van der Waals surface area contributed by atoms with Crippen LogP contribution in [0.4, 0.5) is 0 Å². The lowest BCUT2D eigenvalue weighted by atomic mass is 10.0. The Bertz CT molecular complexity index is 859. The Hall–Kier alpha value is -3.47. The third-order valence-corrected chi connectivity index (χ3v) is 5.14. The van der Waals surface area contributed by atoms with Crippen molar-refractivity contribution < 1.29 is 34.2 Å². The summed E-state index contributed by atoms with van der Waals surface area (Å²) in [5.41, 5.74) is 6.36. The van der Waals surface area contributed by atoms with Gasteiger partial charge in [0.15, 0.2) is 0 Å². The molecule has 2 rings (SSSR count). The van der Waals surface area contributed by atoms with E-state index in [1.165, 1.54) is 11.8 Å². The van der Waals surface area contributed by atoms with Crippen LogP contribution in [0.25, 0.3) is 0 Å². The number of nitrogens with one attached hydrogen (secondary N) is 2. The Morgan fingerprint density at radius 3 is 2.31 bits per heavy atom. The van der Waals surface area contributed by atoms with Crippen molar-refractivity contribution in [2.24, 2.45) is 5.73 Å². The second kappa shape index (κ2) is 11.2. The van der Waals surface area contributed by atoms with Gasteiger partial charge >= 0.3 is 11.9 Å². The number of nitrogens with zero attached hydrogens (tertiary/aromatic N) is 1. The zero-order valence-electron chi connectivity index (χ0n) is 17.7. The van der Waals surface area contributed by atoms with Gasteiger partial charge in [0.25, 0.3) is 0 Å². The molecule has 0 bridgehead atoms. The van der Waals surface area contributed by atoms with E-state index in [1.54, 1.807) is 30.3 Å². The van der Waals surface area contributed by atoms with Gasteiger partial charge in [0.05, 0.1) is 12.5 Å². The summed E-state index contributed by atoms with van der Waals surface area (Å²) in [6.45, 7) is 1.89. The van der Waals surface area contributed by atoms with E-state index < -0.39 is 54.3 Å². The summed E-state index contributed by atoms with van der Waals surface area (Å²) in [5, 5.41) is 22.9. The number of likely N-dealkylation sites (tertiary alicyclic amines) is 1. The molecule has 11 heteroatoms. The SMILES string of the molecule is CC(N)C(=O)N1CCCC1C(=O)NC(Cc1ccccc1)C(=O)NC(CC(=O)O)C(=O)O. The van der Waals surface area contributed by atoms with Crippen molar-refractivity contribution in [3.63, 3.8) is 0 Å². The fourth-order valence-electron chi connectivity index (χ4n) is 3.54. The van der Waals surface area contributed by atoms with Gasteiger partial charge in [-0.15, -0.1) is 0 Å². The number of benzene rings is 1. The first-order valence-corrected chi connectivity index (χ1v) is 10.3. The number of amides is 3. The minimum Gasteiger partial charge on any atom is -0.481 e. The van der Waals surface area contributed by atoms with Crippen molar-refractivity contribution in [1.82, 2.24) is 15.5 Å². The summed E-state index contributed by atoms with van der Waals surface area (Å²) in [4.78, 5) is 61.8. The molecule has 0 aliphatic carbocycles. The minimum absolute atomic E-state index is 0.0474. The standard InChI is InChI=1S/C21H28N4O7/c1-12(22)20(30)25-9-5-8-16(25)19(29)23-14(10-13-6-3-2-4-7-13)18(28)24-15(21(31)32)11-17(26)27/h2-4,6-7,12,14-16H,5,8-11,22H2,1H3,(H,23,29)(H,24,28)(H,26,27)(H,31,32). The summed E-state index contributed by atoms with van der Waals surface area (Å²) in [7, 11) is 0. The predicted molar refractivity (Wildman–Crippen MR) is 112 cm³/mol. The summed E-state index contributed by atoms with van der Waals surface area (Å²) in [5.74, 6) is -4.66. The summed E-state index contributed by atoms with van der Waals surface area (Å²) >= 11 is 0. The Morgan fingerprint density at radius 2 is 1.75 bits per heavy atom. The number of carbonyl (C=O) groups is 5. The smallest absolute Gasteiger partial charge is 0.326 e. The number of nitrogens with two attached hydrogens (primary N) is 1. The lowest BCUT2D eigenvalue weighted by Crippen LogP contribution is -2.57.